The quantitative estimate of drug-likeness (QED) is 0.521. The Morgan fingerprint density at radius 2 is 2.15 bits per heavy atom. The molecule has 0 saturated carbocycles. The molecule has 0 heterocycles. The van der Waals surface area contributed by atoms with E-state index >= 15 is 0 Å². The normalized spacial score (nSPS) is 12.6. The van der Waals surface area contributed by atoms with Crippen LogP contribution in [0.1, 0.15) is 20.8 Å². The summed E-state index contributed by atoms with van der Waals surface area (Å²) in [5.41, 5.74) is 0. The fourth-order valence-corrected chi connectivity index (χ4v) is 1.17. The van der Waals surface area contributed by atoms with Crippen LogP contribution in [0.4, 0.5) is 0 Å². The zero-order chi connectivity index (χ0) is 10.3. The Labute approximate surface area is 85.8 Å². The summed E-state index contributed by atoms with van der Waals surface area (Å²) in [4.78, 5) is 13.2. The van der Waals surface area contributed by atoms with E-state index < -0.39 is 0 Å². The lowest BCUT2D eigenvalue weighted by molar-refractivity contribution is -0.130. The number of amides is 1. The zero-order valence-corrected chi connectivity index (χ0v) is 9.51. The summed E-state index contributed by atoms with van der Waals surface area (Å²) in [5, 5.41) is -0.221. The highest BCUT2D eigenvalue weighted by Crippen LogP contribution is 2.00. The predicted molar refractivity (Wildman–Crippen MR) is 57.2 cm³/mol. The number of ether oxygens (including phenoxy) is 1. The lowest BCUT2D eigenvalue weighted by Gasteiger charge is -2.22. The van der Waals surface area contributed by atoms with Gasteiger partial charge in [-0.1, -0.05) is 0 Å². The van der Waals surface area contributed by atoms with Crippen LogP contribution in [0.2, 0.25) is 0 Å². The van der Waals surface area contributed by atoms with E-state index in [9.17, 15) is 4.79 Å². The lowest BCUT2D eigenvalue weighted by atomic mass is 10.3. The van der Waals surface area contributed by atoms with Crippen LogP contribution >= 0.6 is 12.6 Å². The molecule has 0 aliphatic heterocycles. The maximum Gasteiger partial charge on any atom is 0.235 e. The Balaban J connectivity index is 3.81. The van der Waals surface area contributed by atoms with Gasteiger partial charge in [0.25, 0.3) is 0 Å². The first-order chi connectivity index (χ1) is 6.13. The SMILES string of the molecule is CCOCCN(CC)C(=O)C(C)S. The summed E-state index contributed by atoms with van der Waals surface area (Å²) < 4.78 is 5.18. The molecule has 13 heavy (non-hydrogen) atoms. The van der Waals surface area contributed by atoms with E-state index in [0.29, 0.717) is 19.8 Å². The smallest absolute Gasteiger partial charge is 0.235 e. The van der Waals surface area contributed by atoms with E-state index in [-0.39, 0.29) is 11.2 Å². The average molecular weight is 205 g/mol. The molecule has 0 aliphatic carbocycles. The van der Waals surface area contributed by atoms with E-state index in [1.54, 1.807) is 11.8 Å². The molecule has 1 unspecified atom stereocenters. The van der Waals surface area contributed by atoms with Gasteiger partial charge in [-0.25, -0.2) is 0 Å². The Kier molecular flexibility index (Phi) is 7.09. The molecule has 0 fully saturated rings. The number of carbonyl (C=O) groups excluding carboxylic acids is 1. The topological polar surface area (TPSA) is 29.5 Å². The highest BCUT2D eigenvalue weighted by molar-refractivity contribution is 7.81. The number of carbonyl (C=O) groups is 1. The molecule has 0 N–H and O–H groups in total. The van der Waals surface area contributed by atoms with Gasteiger partial charge in [0.1, 0.15) is 0 Å². The monoisotopic (exact) mass is 205 g/mol. The minimum atomic E-state index is -0.221. The second kappa shape index (κ2) is 7.21. The molecule has 0 radical (unpaired) electrons. The Bertz CT molecular complexity index is 151. The van der Waals surface area contributed by atoms with Crippen molar-refractivity contribution < 1.29 is 9.53 Å². The fraction of sp³-hybridized carbons (Fsp3) is 0.889. The van der Waals surface area contributed by atoms with Gasteiger partial charge in [0.15, 0.2) is 0 Å². The largest absolute Gasteiger partial charge is 0.380 e. The third kappa shape index (κ3) is 5.16. The van der Waals surface area contributed by atoms with Crippen molar-refractivity contribution in [2.75, 3.05) is 26.3 Å². The van der Waals surface area contributed by atoms with Crippen molar-refractivity contribution >= 4 is 18.5 Å². The molecule has 4 heteroatoms. The molecule has 78 valence electrons. The van der Waals surface area contributed by atoms with E-state index in [1.807, 2.05) is 13.8 Å². The summed E-state index contributed by atoms with van der Waals surface area (Å²) in [7, 11) is 0. The van der Waals surface area contributed by atoms with Gasteiger partial charge >= 0.3 is 0 Å². The van der Waals surface area contributed by atoms with Crippen molar-refractivity contribution in [2.45, 2.75) is 26.0 Å². The van der Waals surface area contributed by atoms with Gasteiger partial charge in [-0.15, -0.1) is 0 Å². The van der Waals surface area contributed by atoms with Crippen LogP contribution < -0.4 is 0 Å². The third-order valence-electron chi connectivity index (χ3n) is 1.76. The average Bonchev–Trinajstić information content (AvgIpc) is 2.11. The standard InChI is InChI=1S/C9H19NO2S/c1-4-10(6-7-12-5-2)9(11)8(3)13/h8,13H,4-7H2,1-3H3. The summed E-state index contributed by atoms with van der Waals surface area (Å²) >= 11 is 4.10. The molecule has 0 aromatic heterocycles. The first-order valence-corrected chi connectivity index (χ1v) is 5.19. The number of hydrogen-bond acceptors (Lipinski definition) is 3. The summed E-state index contributed by atoms with van der Waals surface area (Å²) in [5.74, 6) is 0.0746. The van der Waals surface area contributed by atoms with Gasteiger partial charge in [-0.3, -0.25) is 4.79 Å². The number of nitrogens with zero attached hydrogens (tertiary/aromatic N) is 1. The zero-order valence-electron chi connectivity index (χ0n) is 8.62. The number of rotatable bonds is 6. The highest BCUT2D eigenvalue weighted by Gasteiger charge is 2.15. The van der Waals surface area contributed by atoms with Gasteiger partial charge in [0.2, 0.25) is 5.91 Å². The minimum absolute atomic E-state index is 0.0746. The van der Waals surface area contributed by atoms with Crippen molar-refractivity contribution in [3.63, 3.8) is 0 Å². The Morgan fingerprint density at radius 1 is 1.54 bits per heavy atom. The van der Waals surface area contributed by atoms with Crippen molar-refractivity contribution in [3.8, 4) is 0 Å². The molecule has 0 saturated heterocycles. The van der Waals surface area contributed by atoms with E-state index in [0.717, 1.165) is 6.54 Å². The highest BCUT2D eigenvalue weighted by atomic mass is 32.1. The second-order valence-corrected chi connectivity index (χ2v) is 3.57. The molecule has 0 spiro atoms. The van der Waals surface area contributed by atoms with Crippen LogP contribution in [0.25, 0.3) is 0 Å². The van der Waals surface area contributed by atoms with Crippen LogP contribution in [0.3, 0.4) is 0 Å². The Morgan fingerprint density at radius 3 is 2.54 bits per heavy atom. The molecule has 0 aliphatic rings. The molecular formula is C9H19NO2S. The van der Waals surface area contributed by atoms with Crippen molar-refractivity contribution in [1.29, 1.82) is 0 Å². The van der Waals surface area contributed by atoms with Crippen LogP contribution in [-0.2, 0) is 9.53 Å². The maximum absolute atomic E-state index is 11.5. The van der Waals surface area contributed by atoms with Gasteiger partial charge in [-0.2, -0.15) is 12.6 Å². The molecule has 0 aromatic carbocycles. The number of likely N-dealkylation sites (N-methyl/N-ethyl adjacent to an activating group) is 1. The Hall–Kier alpha value is -0.220. The van der Waals surface area contributed by atoms with Crippen molar-refractivity contribution in [1.82, 2.24) is 4.90 Å². The van der Waals surface area contributed by atoms with E-state index in [2.05, 4.69) is 12.6 Å². The first kappa shape index (κ1) is 12.8. The molecule has 0 bridgehead atoms. The van der Waals surface area contributed by atoms with E-state index in [1.165, 1.54) is 0 Å². The van der Waals surface area contributed by atoms with Crippen LogP contribution in [-0.4, -0.2) is 42.4 Å². The molecule has 0 aromatic rings. The van der Waals surface area contributed by atoms with Crippen LogP contribution in [0, 0.1) is 0 Å². The third-order valence-corrected chi connectivity index (χ3v) is 1.98. The van der Waals surface area contributed by atoms with Crippen molar-refractivity contribution in [2.24, 2.45) is 0 Å². The summed E-state index contributed by atoms with van der Waals surface area (Å²) in [6.45, 7) is 8.37. The first-order valence-electron chi connectivity index (χ1n) is 4.68. The molecule has 1 amide bonds. The number of hydrogen-bond donors (Lipinski definition) is 1. The van der Waals surface area contributed by atoms with Gasteiger partial charge in [0.05, 0.1) is 11.9 Å². The predicted octanol–water partition coefficient (Wildman–Crippen LogP) is 1.19. The van der Waals surface area contributed by atoms with Crippen molar-refractivity contribution in [3.05, 3.63) is 0 Å². The molecule has 0 rings (SSSR count). The maximum atomic E-state index is 11.5. The van der Waals surface area contributed by atoms with Gasteiger partial charge in [0, 0.05) is 19.7 Å². The fourth-order valence-electron chi connectivity index (χ4n) is 1.01. The second-order valence-electron chi connectivity index (χ2n) is 2.79. The summed E-state index contributed by atoms with van der Waals surface area (Å²) in [6.07, 6.45) is 0. The lowest BCUT2D eigenvalue weighted by Crippen LogP contribution is -2.37. The molecular weight excluding hydrogens is 186 g/mol. The van der Waals surface area contributed by atoms with Gasteiger partial charge < -0.3 is 9.64 Å². The van der Waals surface area contributed by atoms with E-state index in [4.69, 9.17) is 4.74 Å². The number of thiol groups is 1. The van der Waals surface area contributed by atoms with Crippen LogP contribution in [0.15, 0.2) is 0 Å². The summed E-state index contributed by atoms with van der Waals surface area (Å²) in [6, 6.07) is 0. The molecule has 3 nitrogen and oxygen atoms in total. The molecule has 1 atom stereocenters. The minimum Gasteiger partial charge on any atom is -0.380 e. The van der Waals surface area contributed by atoms with Gasteiger partial charge in [-0.05, 0) is 20.8 Å². The van der Waals surface area contributed by atoms with Crippen LogP contribution in [0.5, 0.6) is 0 Å².